The molecule has 3 unspecified atom stereocenters. The summed E-state index contributed by atoms with van der Waals surface area (Å²) in [5, 5.41) is 14.0. The van der Waals surface area contributed by atoms with Crippen LogP contribution in [0.3, 0.4) is 0 Å². The van der Waals surface area contributed by atoms with E-state index in [0.717, 1.165) is 70.6 Å². The van der Waals surface area contributed by atoms with Gasteiger partial charge in [0.2, 0.25) is 5.91 Å². The van der Waals surface area contributed by atoms with E-state index in [0.29, 0.717) is 17.4 Å². The van der Waals surface area contributed by atoms with Crippen LogP contribution in [-0.2, 0) is 18.4 Å². The molecule has 0 aliphatic heterocycles. The van der Waals surface area contributed by atoms with E-state index in [2.05, 4.69) is 79.9 Å². The molecule has 0 aromatic carbocycles. The number of allylic oxidation sites excluding steroid dienone is 11. The van der Waals surface area contributed by atoms with Crippen molar-refractivity contribution in [2.45, 2.75) is 360 Å². The highest BCUT2D eigenvalue weighted by atomic mass is 31.2. The number of unbranched alkanes of at least 4 members (excludes halogenated alkanes) is 44. The molecular formula is C75H141N2O6P. The van der Waals surface area contributed by atoms with Gasteiger partial charge in [-0.05, 0) is 64.2 Å². The van der Waals surface area contributed by atoms with Crippen molar-refractivity contribution in [3.63, 3.8) is 0 Å². The number of amides is 1. The zero-order valence-electron chi connectivity index (χ0n) is 56.4. The average Bonchev–Trinajstić information content (AvgIpc) is 3.56. The fourth-order valence-corrected chi connectivity index (χ4v) is 11.6. The third-order valence-electron chi connectivity index (χ3n) is 16.4. The topological polar surface area (TPSA) is 108 Å². The summed E-state index contributed by atoms with van der Waals surface area (Å²) in [6.45, 7) is 4.58. The molecule has 0 aliphatic rings. The van der Waals surface area contributed by atoms with E-state index in [1.807, 2.05) is 27.2 Å². The minimum Gasteiger partial charge on any atom is -0.756 e. The first-order valence-corrected chi connectivity index (χ1v) is 37.8. The third-order valence-corrected chi connectivity index (χ3v) is 17.4. The van der Waals surface area contributed by atoms with Crippen molar-refractivity contribution in [1.82, 2.24) is 5.32 Å². The Labute approximate surface area is 523 Å². The second kappa shape index (κ2) is 65.4. The minimum atomic E-state index is -4.61. The molecule has 0 fully saturated rings. The molecule has 0 aliphatic carbocycles. The molecule has 0 radical (unpaired) electrons. The van der Waals surface area contributed by atoms with Gasteiger partial charge in [-0.15, -0.1) is 0 Å². The number of hydrogen-bond acceptors (Lipinski definition) is 6. The summed E-state index contributed by atoms with van der Waals surface area (Å²) >= 11 is 0. The van der Waals surface area contributed by atoms with Crippen LogP contribution in [0.25, 0.3) is 0 Å². The van der Waals surface area contributed by atoms with Gasteiger partial charge in [-0.1, -0.05) is 350 Å². The standard InChI is InChI=1S/C75H141N2O6P/c1-6-8-10-12-14-16-18-20-22-24-26-28-30-32-33-34-35-36-37-38-39-40-41-42-43-45-47-49-51-53-55-57-59-61-63-65-67-69-75(79)76-73(72-83-84(80,81)82-71-70-77(3,4)5)74(78)68-66-64-62-60-58-56-54-52-50-48-46-44-31-29-27-25-23-21-19-17-15-13-11-9-7-2/h8,10,14,16,20,22,26,28,32-33,66,68,73-74,78H,6-7,9,11-13,15,17-19,21,23-25,27,29-31,34-65,67,69-72H2,1-5H3,(H-,76,79,80,81)/b10-8-,16-14-,22-20-,28-26-,33-32-,68-66+. The highest BCUT2D eigenvalue weighted by Crippen LogP contribution is 2.38. The van der Waals surface area contributed by atoms with Crippen molar-refractivity contribution in [1.29, 1.82) is 0 Å². The van der Waals surface area contributed by atoms with Crippen LogP contribution in [0.5, 0.6) is 0 Å². The normalized spacial score (nSPS) is 14.0. The quantitative estimate of drug-likeness (QED) is 0.0272. The molecule has 0 aromatic heterocycles. The zero-order valence-corrected chi connectivity index (χ0v) is 57.3. The number of likely N-dealkylation sites (N-methyl/N-ethyl adjacent to an activating group) is 1. The Morgan fingerprint density at radius 3 is 1.06 bits per heavy atom. The number of phosphoric acid groups is 1. The van der Waals surface area contributed by atoms with Crippen molar-refractivity contribution in [3.05, 3.63) is 72.9 Å². The maximum Gasteiger partial charge on any atom is 0.268 e. The van der Waals surface area contributed by atoms with Crippen LogP contribution in [0.2, 0.25) is 0 Å². The SMILES string of the molecule is CC/C=C\C/C=C\C/C=C\C/C=C\C/C=C\CCCCCCCCCCCCCCCCCCCCCCCC(=O)NC(COP(=O)([O-])OCC[N+](C)(C)C)C(O)/C=C/CCCCCCCCCCCCCCCCCCCCCCCCC. The highest BCUT2D eigenvalue weighted by molar-refractivity contribution is 7.45. The molecule has 0 rings (SSSR count). The van der Waals surface area contributed by atoms with E-state index < -0.39 is 20.0 Å². The number of hydrogen-bond donors (Lipinski definition) is 2. The maximum absolute atomic E-state index is 13.1. The summed E-state index contributed by atoms with van der Waals surface area (Å²) < 4.78 is 23.5. The van der Waals surface area contributed by atoms with E-state index >= 15 is 0 Å². The predicted octanol–water partition coefficient (Wildman–Crippen LogP) is 22.7. The van der Waals surface area contributed by atoms with Crippen molar-refractivity contribution >= 4 is 13.7 Å². The molecule has 0 saturated heterocycles. The molecule has 3 atom stereocenters. The van der Waals surface area contributed by atoms with Crippen LogP contribution < -0.4 is 10.2 Å². The number of quaternary nitrogens is 1. The second-order valence-corrected chi connectivity index (χ2v) is 27.3. The Hall–Kier alpha value is -2.06. The van der Waals surface area contributed by atoms with Gasteiger partial charge in [0.25, 0.3) is 7.82 Å². The van der Waals surface area contributed by atoms with Gasteiger partial charge in [-0.3, -0.25) is 9.36 Å². The number of nitrogens with zero attached hydrogens (tertiary/aromatic N) is 1. The van der Waals surface area contributed by atoms with Crippen molar-refractivity contribution in [2.75, 3.05) is 40.9 Å². The summed E-state index contributed by atoms with van der Waals surface area (Å²) in [5.74, 6) is -0.192. The molecule has 0 bridgehead atoms. The summed E-state index contributed by atoms with van der Waals surface area (Å²) in [4.78, 5) is 25.7. The zero-order chi connectivity index (χ0) is 61.2. The van der Waals surface area contributed by atoms with Crippen LogP contribution in [0.15, 0.2) is 72.9 Å². The smallest absolute Gasteiger partial charge is 0.268 e. The minimum absolute atomic E-state index is 0.000431. The number of carbonyl (C=O) groups excluding carboxylic acids is 1. The van der Waals surface area contributed by atoms with Gasteiger partial charge in [0.1, 0.15) is 13.2 Å². The van der Waals surface area contributed by atoms with E-state index in [4.69, 9.17) is 9.05 Å². The van der Waals surface area contributed by atoms with Crippen LogP contribution in [0.4, 0.5) is 0 Å². The van der Waals surface area contributed by atoms with Crippen LogP contribution in [0.1, 0.15) is 348 Å². The number of aliphatic hydroxyl groups excluding tert-OH is 1. The number of rotatable bonds is 67. The first-order valence-electron chi connectivity index (χ1n) is 36.3. The Morgan fingerprint density at radius 2 is 0.726 bits per heavy atom. The maximum atomic E-state index is 13.1. The first kappa shape index (κ1) is 81.9. The van der Waals surface area contributed by atoms with Crippen LogP contribution >= 0.6 is 7.82 Å². The first-order chi connectivity index (χ1) is 41.0. The van der Waals surface area contributed by atoms with Gasteiger partial charge >= 0.3 is 0 Å². The van der Waals surface area contributed by atoms with E-state index in [1.165, 1.54) is 257 Å². The van der Waals surface area contributed by atoms with Crippen LogP contribution in [0, 0.1) is 0 Å². The Kier molecular flexibility index (Phi) is 63.8. The molecule has 0 saturated carbocycles. The monoisotopic (exact) mass is 1200 g/mol. The van der Waals surface area contributed by atoms with Crippen LogP contribution in [-0.4, -0.2) is 68.5 Å². The van der Waals surface area contributed by atoms with E-state index in [9.17, 15) is 19.4 Å². The molecule has 1 amide bonds. The van der Waals surface area contributed by atoms with Gasteiger partial charge in [0.15, 0.2) is 0 Å². The third kappa shape index (κ3) is 67.4. The molecule has 8 nitrogen and oxygen atoms in total. The number of phosphoric ester groups is 1. The lowest BCUT2D eigenvalue weighted by Gasteiger charge is -2.29. The molecule has 2 N–H and O–H groups in total. The molecule has 0 heterocycles. The Bertz CT molecular complexity index is 1600. The van der Waals surface area contributed by atoms with Gasteiger partial charge in [-0.2, -0.15) is 0 Å². The van der Waals surface area contributed by atoms with Crippen molar-refractivity contribution in [3.8, 4) is 0 Å². The summed E-state index contributed by atoms with van der Waals surface area (Å²) in [7, 11) is 1.27. The number of carbonyl (C=O) groups is 1. The van der Waals surface area contributed by atoms with Crippen molar-refractivity contribution in [2.24, 2.45) is 0 Å². The average molecular weight is 1200 g/mol. The molecule has 492 valence electrons. The van der Waals surface area contributed by atoms with E-state index in [1.54, 1.807) is 6.08 Å². The molecular weight excluding hydrogens is 1060 g/mol. The molecule has 9 heteroatoms. The Morgan fingerprint density at radius 1 is 0.429 bits per heavy atom. The van der Waals surface area contributed by atoms with Gasteiger partial charge in [0, 0.05) is 6.42 Å². The molecule has 0 aromatic rings. The fraction of sp³-hybridized carbons (Fsp3) is 0.827. The fourth-order valence-electron chi connectivity index (χ4n) is 10.8. The number of nitrogens with one attached hydrogen (secondary N) is 1. The van der Waals surface area contributed by atoms with Gasteiger partial charge < -0.3 is 28.8 Å². The van der Waals surface area contributed by atoms with Gasteiger partial charge in [-0.25, -0.2) is 0 Å². The van der Waals surface area contributed by atoms with E-state index in [-0.39, 0.29) is 19.1 Å². The van der Waals surface area contributed by atoms with Gasteiger partial charge in [0.05, 0.1) is 39.9 Å². The largest absolute Gasteiger partial charge is 0.756 e. The predicted molar refractivity (Wildman–Crippen MR) is 367 cm³/mol. The highest BCUT2D eigenvalue weighted by Gasteiger charge is 2.23. The lowest BCUT2D eigenvalue weighted by Crippen LogP contribution is -2.45. The summed E-state index contributed by atoms with van der Waals surface area (Å²) in [6, 6.07) is -0.889. The number of aliphatic hydroxyl groups is 1. The lowest BCUT2D eigenvalue weighted by molar-refractivity contribution is -0.870. The van der Waals surface area contributed by atoms with Crippen molar-refractivity contribution < 1.29 is 32.9 Å². The lowest BCUT2D eigenvalue weighted by atomic mass is 10.0. The molecule has 0 spiro atoms. The summed E-state index contributed by atoms with van der Waals surface area (Å²) in [6.07, 6.45) is 91.7. The molecule has 84 heavy (non-hydrogen) atoms. The Balaban J connectivity index is 4.00. The summed E-state index contributed by atoms with van der Waals surface area (Å²) in [5.41, 5.74) is 0. The second-order valence-electron chi connectivity index (χ2n) is 25.9.